The van der Waals surface area contributed by atoms with Gasteiger partial charge < -0.3 is 5.32 Å². The Kier molecular flexibility index (Phi) is 4.59. The van der Waals surface area contributed by atoms with E-state index in [1.165, 1.54) is 23.0 Å². The summed E-state index contributed by atoms with van der Waals surface area (Å²) < 4.78 is 2.25. The summed E-state index contributed by atoms with van der Waals surface area (Å²) in [6.45, 7) is 1.71. The number of nitrogens with one attached hydrogen (secondary N) is 2. The molecule has 0 fully saturated rings. The average molecular weight is 457 g/mol. The third-order valence-corrected chi connectivity index (χ3v) is 4.95. The molecule has 0 bridgehead atoms. The van der Waals surface area contributed by atoms with Crippen LogP contribution in [0, 0.1) is 17.0 Å². The lowest BCUT2D eigenvalue weighted by molar-refractivity contribution is -0.499. The molecule has 1 unspecified atom stereocenters. The van der Waals surface area contributed by atoms with Gasteiger partial charge >= 0.3 is 6.03 Å². The Bertz CT molecular complexity index is 1220. The Balaban J connectivity index is 1.70. The lowest BCUT2D eigenvalue weighted by atomic mass is 10.0. The summed E-state index contributed by atoms with van der Waals surface area (Å²) >= 11 is 3.35. The number of hydrogen-bond donors (Lipinski definition) is 2. The molecule has 11 heteroatoms. The number of fused-ring (bicyclic) bond motifs is 1. The monoisotopic (exact) mass is 456 g/mol. The SMILES string of the molecule is Cc1[nH]n(-c2ccc(Br)cc2)c(=O)c1C=NC1=CC2=NC(=O)NC2=CC1[N+](=O)[O-]. The van der Waals surface area contributed by atoms with Gasteiger partial charge in [0.1, 0.15) is 5.70 Å². The number of carbonyl (C=O) groups is 1. The largest absolute Gasteiger partial charge is 0.346 e. The van der Waals surface area contributed by atoms with Gasteiger partial charge in [0, 0.05) is 27.4 Å². The van der Waals surface area contributed by atoms with Crippen LogP contribution in [0.1, 0.15) is 11.3 Å². The van der Waals surface area contributed by atoms with Gasteiger partial charge in [-0.2, -0.15) is 4.99 Å². The number of carbonyl (C=O) groups excluding carboxylic acids is 1. The number of urea groups is 1. The zero-order chi connectivity index (χ0) is 20.7. The summed E-state index contributed by atoms with van der Waals surface area (Å²) in [6, 6.07) is 5.30. The lowest BCUT2D eigenvalue weighted by Crippen LogP contribution is -2.27. The van der Waals surface area contributed by atoms with Gasteiger partial charge in [0.15, 0.2) is 0 Å². The van der Waals surface area contributed by atoms with E-state index < -0.39 is 17.0 Å². The van der Waals surface area contributed by atoms with Gasteiger partial charge in [0.25, 0.3) is 11.6 Å². The molecule has 1 atom stereocenters. The molecule has 1 aromatic carbocycles. The molecule has 1 aliphatic heterocycles. The topological polar surface area (TPSA) is 135 Å². The number of halogens is 1. The van der Waals surface area contributed by atoms with Crippen LogP contribution in [0.15, 0.2) is 67.1 Å². The zero-order valence-corrected chi connectivity index (χ0v) is 16.5. The number of aromatic nitrogens is 2. The van der Waals surface area contributed by atoms with E-state index in [1.807, 2.05) is 12.1 Å². The number of nitrogens with zero attached hydrogens (tertiary/aromatic N) is 4. The van der Waals surface area contributed by atoms with Crippen molar-refractivity contribution in [3.63, 3.8) is 0 Å². The number of hydrogen-bond acceptors (Lipinski definition) is 5. The molecular formula is C18H13BrN6O4. The molecule has 2 heterocycles. The molecule has 0 saturated heterocycles. The van der Waals surface area contributed by atoms with Crippen molar-refractivity contribution >= 4 is 33.9 Å². The number of H-pyrrole nitrogens is 1. The van der Waals surface area contributed by atoms with Gasteiger partial charge in [-0.15, -0.1) is 0 Å². The van der Waals surface area contributed by atoms with Crippen LogP contribution >= 0.6 is 15.9 Å². The number of amides is 2. The van der Waals surface area contributed by atoms with Crippen molar-refractivity contribution in [1.29, 1.82) is 0 Å². The average Bonchev–Trinajstić information content (AvgIpc) is 3.17. The first kappa shape index (κ1) is 18.7. The van der Waals surface area contributed by atoms with E-state index in [-0.39, 0.29) is 28.2 Å². The highest BCUT2D eigenvalue weighted by Crippen LogP contribution is 2.21. The number of allylic oxidation sites excluding steroid dienone is 1. The maximum absolute atomic E-state index is 12.8. The van der Waals surface area contributed by atoms with Crippen molar-refractivity contribution in [2.24, 2.45) is 9.98 Å². The Labute approximate surface area is 171 Å². The quantitative estimate of drug-likeness (QED) is 0.414. The molecule has 29 heavy (non-hydrogen) atoms. The fourth-order valence-electron chi connectivity index (χ4n) is 2.99. The van der Waals surface area contributed by atoms with Crippen molar-refractivity contribution in [1.82, 2.24) is 15.1 Å². The summed E-state index contributed by atoms with van der Waals surface area (Å²) in [6.07, 6.45) is 3.93. The van der Waals surface area contributed by atoms with Crippen molar-refractivity contribution < 1.29 is 9.72 Å². The number of aliphatic imine (C=N–C) groups is 2. The van der Waals surface area contributed by atoms with Gasteiger partial charge in [-0.3, -0.25) is 25.0 Å². The number of nitro groups is 1. The second kappa shape index (κ2) is 7.09. The van der Waals surface area contributed by atoms with E-state index in [9.17, 15) is 19.7 Å². The molecular weight excluding hydrogens is 444 g/mol. The van der Waals surface area contributed by atoms with Crippen LogP contribution in [0.4, 0.5) is 4.79 Å². The first-order valence-corrected chi connectivity index (χ1v) is 9.21. The predicted molar refractivity (Wildman–Crippen MR) is 109 cm³/mol. The normalized spacial score (nSPS) is 18.2. The van der Waals surface area contributed by atoms with E-state index >= 15 is 0 Å². The number of aromatic amines is 1. The minimum absolute atomic E-state index is 0.0733. The van der Waals surface area contributed by atoms with Crippen molar-refractivity contribution in [2.45, 2.75) is 13.0 Å². The van der Waals surface area contributed by atoms with Crippen molar-refractivity contribution in [3.05, 3.63) is 84.0 Å². The first-order valence-electron chi connectivity index (χ1n) is 8.42. The third kappa shape index (κ3) is 3.47. The number of benzene rings is 1. The summed E-state index contributed by atoms with van der Waals surface area (Å²) in [5, 5.41) is 16.8. The van der Waals surface area contributed by atoms with Crippen LogP contribution in [-0.4, -0.2) is 38.7 Å². The standard InChI is InChI=1S/C18H13BrN6O4/c1-9-12(17(26)24(23-9)11-4-2-10(19)3-5-11)8-20-15-6-13-14(22-18(27)21-13)7-16(15)25(28)29/h2-8,16,23H,1H3,(H,22,27). The predicted octanol–water partition coefficient (Wildman–Crippen LogP) is 2.25. The molecule has 0 spiro atoms. The molecule has 4 rings (SSSR count). The molecule has 1 aliphatic carbocycles. The molecule has 0 radical (unpaired) electrons. The Hall–Kier alpha value is -3.60. The van der Waals surface area contributed by atoms with Crippen LogP contribution in [0.5, 0.6) is 0 Å². The van der Waals surface area contributed by atoms with E-state index in [2.05, 4.69) is 36.3 Å². The summed E-state index contributed by atoms with van der Waals surface area (Å²) in [5.41, 5.74) is 1.76. The maximum atomic E-state index is 12.8. The van der Waals surface area contributed by atoms with Crippen LogP contribution in [0.25, 0.3) is 5.69 Å². The highest BCUT2D eigenvalue weighted by molar-refractivity contribution is 9.10. The maximum Gasteiger partial charge on any atom is 0.346 e. The highest BCUT2D eigenvalue weighted by Gasteiger charge is 2.32. The van der Waals surface area contributed by atoms with E-state index in [0.29, 0.717) is 11.4 Å². The summed E-state index contributed by atoms with van der Waals surface area (Å²) in [7, 11) is 0. The van der Waals surface area contributed by atoms with Gasteiger partial charge in [0.2, 0.25) is 0 Å². The van der Waals surface area contributed by atoms with Gasteiger partial charge in [0.05, 0.1) is 22.7 Å². The molecule has 0 saturated carbocycles. The van der Waals surface area contributed by atoms with Crippen LogP contribution in [0.3, 0.4) is 0 Å². The minimum Gasteiger partial charge on any atom is -0.304 e. The van der Waals surface area contributed by atoms with Crippen LogP contribution in [-0.2, 0) is 0 Å². The van der Waals surface area contributed by atoms with Crippen LogP contribution in [0.2, 0.25) is 0 Å². The molecule has 2 amide bonds. The highest BCUT2D eigenvalue weighted by atomic mass is 79.9. The van der Waals surface area contributed by atoms with E-state index in [4.69, 9.17) is 0 Å². The first-order chi connectivity index (χ1) is 13.8. The smallest absolute Gasteiger partial charge is 0.304 e. The van der Waals surface area contributed by atoms with Crippen LogP contribution < -0.4 is 10.9 Å². The van der Waals surface area contributed by atoms with Gasteiger partial charge in [-0.1, -0.05) is 15.9 Å². The molecule has 10 nitrogen and oxygen atoms in total. The summed E-state index contributed by atoms with van der Waals surface area (Å²) in [5.74, 6) is 0. The zero-order valence-electron chi connectivity index (χ0n) is 14.9. The van der Waals surface area contributed by atoms with Gasteiger partial charge in [-0.05, 0) is 37.3 Å². The van der Waals surface area contributed by atoms with E-state index in [1.54, 1.807) is 19.1 Å². The van der Waals surface area contributed by atoms with Crippen molar-refractivity contribution in [2.75, 3.05) is 0 Å². The van der Waals surface area contributed by atoms with Gasteiger partial charge in [-0.25, -0.2) is 9.48 Å². The fraction of sp³-hybridized carbons (Fsp3) is 0.111. The molecule has 1 aromatic heterocycles. The third-order valence-electron chi connectivity index (χ3n) is 4.42. The fourth-order valence-corrected chi connectivity index (χ4v) is 3.25. The molecule has 2 N–H and O–H groups in total. The Morgan fingerprint density at radius 1 is 1.31 bits per heavy atom. The molecule has 2 aromatic rings. The van der Waals surface area contributed by atoms with E-state index in [0.717, 1.165) is 4.47 Å². The number of aryl methyl sites for hydroxylation is 1. The Morgan fingerprint density at radius 3 is 2.72 bits per heavy atom. The number of rotatable bonds is 4. The minimum atomic E-state index is -1.26. The Morgan fingerprint density at radius 2 is 2.03 bits per heavy atom. The lowest BCUT2D eigenvalue weighted by Gasteiger charge is -2.12. The molecule has 2 aliphatic rings. The molecule has 146 valence electrons. The summed E-state index contributed by atoms with van der Waals surface area (Å²) in [4.78, 5) is 43.0. The van der Waals surface area contributed by atoms with Crippen molar-refractivity contribution in [3.8, 4) is 5.69 Å². The second-order valence-electron chi connectivity index (χ2n) is 6.33. The second-order valence-corrected chi connectivity index (χ2v) is 7.25.